The number of rotatable bonds is 9. The summed E-state index contributed by atoms with van der Waals surface area (Å²) in [6.07, 6.45) is 6.23. The van der Waals surface area contributed by atoms with Crippen molar-refractivity contribution in [2.24, 2.45) is 0 Å². The summed E-state index contributed by atoms with van der Waals surface area (Å²) < 4.78 is 5.92. The molecular formula is C13H25NO3. The van der Waals surface area contributed by atoms with Crippen molar-refractivity contribution in [3.05, 3.63) is 0 Å². The zero-order valence-corrected chi connectivity index (χ0v) is 11.0. The first-order valence-corrected chi connectivity index (χ1v) is 6.68. The molecular weight excluding hydrogens is 218 g/mol. The number of hydrogen-bond donors (Lipinski definition) is 2. The second-order valence-corrected chi connectivity index (χ2v) is 5.13. The first-order valence-electron chi connectivity index (χ1n) is 6.68. The smallest absolute Gasteiger partial charge is 0.306 e. The summed E-state index contributed by atoms with van der Waals surface area (Å²) in [5.74, 6) is -0.773. The van der Waals surface area contributed by atoms with Crippen LogP contribution in [0.15, 0.2) is 0 Å². The van der Waals surface area contributed by atoms with E-state index in [2.05, 4.69) is 12.2 Å². The summed E-state index contributed by atoms with van der Waals surface area (Å²) in [6, 6.07) is 0. The fourth-order valence-electron chi connectivity index (χ4n) is 2.27. The van der Waals surface area contributed by atoms with Crippen LogP contribution in [0.25, 0.3) is 0 Å². The molecule has 0 aliphatic carbocycles. The molecule has 2 N–H and O–H groups in total. The minimum Gasteiger partial charge on any atom is -0.481 e. The molecule has 0 radical (unpaired) electrons. The molecule has 4 nitrogen and oxygen atoms in total. The number of carboxylic acids is 1. The predicted molar refractivity (Wildman–Crippen MR) is 67.2 cm³/mol. The standard InChI is InChI=1S/C13H25NO3/c1-3-4-5-6-7-11(2)17-13(8-12(15)16)9-14-10-13/h11,14H,3-10H2,1-2H3,(H,15,16). The van der Waals surface area contributed by atoms with E-state index in [1.807, 2.05) is 6.92 Å². The number of ether oxygens (including phenoxy) is 1. The molecule has 0 aromatic carbocycles. The van der Waals surface area contributed by atoms with Gasteiger partial charge >= 0.3 is 5.97 Å². The zero-order chi connectivity index (χ0) is 12.7. The number of hydrogen-bond acceptors (Lipinski definition) is 3. The van der Waals surface area contributed by atoms with E-state index < -0.39 is 11.6 Å². The van der Waals surface area contributed by atoms with E-state index in [-0.39, 0.29) is 12.5 Å². The van der Waals surface area contributed by atoms with Gasteiger partial charge in [0, 0.05) is 13.1 Å². The second-order valence-electron chi connectivity index (χ2n) is 5.13. The number of carboxylic acid groups (broad SMARTS) is 1. The minimum absolute atomic E-state index is 0.110. The molecule has 1 fully saturated rings. The van der Waals surface area contributed by atoms with Gasteiger partial charge in [-0.3, -0.25) is 4.79 Å². The highest BCUT2D eigenvalue weighted by Crippen LogP contribution is 2.25. The van der Waals surface area contributed by atoms with E-state index >= 15 is 0 Å². The highest BCUT2D eigenvalue weighted by molar-refractivity contribution is 5.68. The van der Waals surface area contributed by atoms with Crippen molar-refractivity contribution in [2.45, 2.75) is 64.1 Å². The number of carbonyl (C=O) groups is 1. The molecule has 0 bridgehead atoms. The Morgan fingerprint density at radius 3 is 2.59 bits per heavy atom. The van der Waals surface area contributed by atoms with Crippen LogP contribution < -0.4 is 5.32 Å². The molecule has 1 heterocycles. The second kappa shape index (κ2) is 6.97. The van der Waals surface area contributed by atoms with Gasteiger partial charge in [-0.25, -0.2) is 0 Å². The van der Waals surface area contributed by atoms with Crippen molar-refractivity contribution in [2.75, 3.05) is 13.1 Å². The average molecular weight is 243 g/mol. The molecule has 1 aliphatic rings. The van der Waals surface area contributed by atoms with Crippen LogP contribution in [0, 0.1) is 0 Å². The van der Waals surface area contributed by atoms with Crippen molar-refractivity contribution < 1.29 is 14.6 Å². The quantitative estimate of drug-likeness (QED) is 0.609. The highest BCUT2D eigenvalue weighted by Gasteiger charge is 2.41. The molecule has 4 heteroatoms. The molecule has 1 aliphatic heterocycles. The van der Waals surface area contributed by atoms with Gasteiger partial charge in [-0.15, -0.1) is 0 Å². The monoisotopic (exact) mass is 243 g/mol. The Kier molecular flexibility index (Phi) is 5.92. The summed E-state index contributed by atoms with van der Waals surface area (Å²) in [7, 11) is 0. The topological polar surface area (TPSA) is 58.6 Å². The van der Waals surface area contributed by atoms with Crippen molar-refractivity contribution in [1.82, 2.24) is 5.32 Å². The van der Waals surface area contributed by atoms with Crippen LogP contribution in [-0.2, 0) is 9.53 Å². The van der Waals surface area contributed by atoms with Gasteiger partial charge in [-0.1, -0.05) is 32.6 Å². The number of unbranched alkanes of at least 4 members (excludes halogenated alkanes) is 3. The van der Waals surface area contributed by atoms with Crippen molar-refractivity contribution in [1.29, 1.82) is 0 Å². The van der Waals surface area contributed by atoms with Crippen LogP contribution in [0.2, 0.25) is 0 Å². The first kappa shape index (κ1) is 14.5. The van der Waals surface area contributed by atoms with Crippen LogP contribution in [-0.4, -0.2) is 35.9 Å². The lowest BCUT2D eigenvalue weighted by atomic mass is 9.92. The van der Waals surface area contributed by atoms with Crippen molar-refractivity contribution in [3.8, 4) is 0 Å². The van der Waals surface area contributed by atoms with Gasteiger partial charge in [0.1, 0.15) is 5.60 Å². The lowest BCUT2D eigenvalue weighted by Gasteiger charge is -2.43. The maximum atomic E-state index is 10.8. The summed E-state index contributed by atoms with van der Waals surface area (Å²) >= 11 is 0. The van der Waals surface area contributed by atoms with Crippen LogP contribution in [0.3, 0.4) is 0 Å². The Bertz CT molecular complexity index is 239. The fraction of sp³-hybridized carbons (Fsp3) is 0.923. The Labute approximate surface area is 104 Å². The normalized spacial score (nSPS) is 19.6. The van der Waals surface area contributed by atoms with Gasteiger partial charge in [0.15, 0.2) is 0 Å². The first-order chi connectivity index (χ1) is 8.08. The van der Waals surface area contributed by atoms with Gasteiger partial charge in [-0.05, 0) is 13.3 Å². The molecule has 0 aromatic rings. The van der Waals surface area contributed by atoms with E-state index in [4.69, 9.17) is 9.84 Å². The SMILES string of the molecule is CCCCCCC(C)OC1(CC(=O)O)CNC1. The molecule has 100 valence electrons. The molecule has 0 amide bonds. The average Bonchev–Trinajstić information content (AvgIpc) is 2.20. The van der Waals surface area contributed by atoms with Crippen LogP contribution >= 0.6 is 0 Å². The van der Waals surface area contributed by atoms with Crippen molar-refractivity contribution in [3.63, 3.8) is 0 Å². The largest absolute Gasteiger partial charge is 0.481 e. The van der Waals surface area contributed by atoms with E-state index in [0.717, 1.165) is 6.42 Å². The Morgan fingerprint density at radius 1 is 1.41 bits per heavy atom. The third-order valence-electron chi connectivity index (χ3n) is 3.28. The van der Waals surface area contributed by atoms with E-state index in [9.17, 15) is 4.79 Å². The third kappa shape index (κ3) is 5.04. The van der Waals surface area contributed by atoms with E-state index in [1.54, 1.807) is 0 Å². The molecule has 1 rings (SSSR count). The lowest BCUT2D eigenvalue weighted by molar-refractivity contribution is -0.158. The van der Waals surface area contributed by atoms with Gasteiger partial charge in [0.2, 0.25) is 0 Å². The lowest BCUT2D eigenvalue weighted by Crippen LogP contribution is -2.62. The number of nitrogens with one attached hydrogen (secondary N) is 1. The summed E-state index contributed by atoms with van der Waals surface area (Å²) in [5, 5.41) is 12.0. The summed E-state index contributed by atoms with van der Waals surface area (Å²) in [4.78, 5) is 10.8. The van der Waals surface area contributed by atoms with Crippen molar-refractivity contribution >= 4 is 5.97 Å². The Balaban J connectivity index is 2.23. The van der Waals surface area contributed by atoms with Gasteiger partial charge in [-0.2, -0.15) is 0 Å². The summed E-state index contributed by atoms with van der Waals surface area (Å²) in [5.41, 5.74) is -0.448. The molecule has 1 unspecified atom stereocenters. The van der Waals surface area contributed by atoms with E-state index in [1.165, 1.54) is 25.7 Å². The highest BCUT2D eigenvalue weighted by atomic mass is 16.5. The maximum absolute atomic E-state index is 10.8. The Hall–Kier alpha value is -0.610. The van der Waals surface area contributed by atoms with Gasteiger partial charge < -0.3 is 15.2 Å². The Morgan fingerprint density at radius 2 is 2.12 bits per heavy atom. The molecule has 1 saturated heterocycles. The molecule has 0 saturated carbocycles. The van der Waals surface area contributed by atoms with Crippen LogP contribution in [0.4, 0.5) is 0 Å². The van der Waals surface area contributed by atoms with Crippen LogP contribution in [0.5, 0.6) is 0 Å². The maximum Gasteiger partial charge on any atom is 0.306 e. The third-order valence-corrected chi connectivity index (χ3v) is 3.28. The van der Waals surface area contributed by atoms with Gasteiger partial charge in [0.25, 0.3) is 0 Å². The fourth-order valence-corrected chi connectivity index (χ4v) is 2.27. The number of aliphatic carboxylic acids is 1. The minimum atomic E-state index is -0.773. The van der Waals surface area contributed by atoms with Crippen LogP contribution in [0.1, 0.15) is 52.4 Å². The molecule has 17 heavy (non-hydrogen) atoms. The zero-order valence-electron chi connectivity index (χ0n) is 11.0. The molecule has 0 aromatic heterocycles. The van der Waals surface area contributed by atoms with Gasteiger partial charge in [0.05, 0.1) is 12.5 Å². The molecule has 1 atom stereocenters. The van der Waals surface area contributed by atoms with E-state index in [0.29, 0.717) is 13.1 Å². The molecule has 0 spiro atoms. The predicted octanol–water partition coefficient (Wildman–Crippen LogP) is 2.18. The summed E-state index contributed by atoms with van der Waals surface area (Å²) in [6.45, 7) is 5.58.